The molecule has 1 atom stereocenters. The second kappa shape index (κ2) is 5.00. The summed E-state index contributed by atoms with van der Waals surface area (Å²) in [5.41, 5.74) is 0.525. The molecule has 0 aliphatic heterocycles. The van der Waals surface area contributed by atoms with Crippen LogP contribution in [0.3, 0.4) is 0 Å². The minimum Gasteiger partial charge on any atom is -0.312 e. The highest BCUT2D eigenvalue weighted by atomic mass is 19.4. The molecule has 0 saturated carbocycles. The van der Waals surface area contributed by atoms with E-state index in [2.05, 4.69) is 15.4 Å². The second-order valence-electron chi connectivity index (χ2n) is 4.12. The molecule has 4 nitrogen and oxygen atoms in total. The lowest BCUT2D eigenvalue weighted by Gasteiger charge is -2.09. The molecule has 2 aromatic heterocycles. The minimum atomic E-state index is -4.38. The molecule has 2 rings (SSSR count). The van der Waals surface area contributed by atoms with Crippen LogP contribution in [0.2, 0.25) is 0 Å². The Bertz CT molecular complexity index is 545. The number of hydrogen-bond donors (Lipinski definition) is 1. The van der Waals surface area contributed by atoms with Gasteiger partial charge in [0.15, 0.2) is 0 Å². The number of rotatable bonds is 3. The maximum Gasteiger partial charge on any atom is 0.419 e. The van der Waals surface area contributed by atoms with E-state index in [1.165, 1.54) is 6.20 Å². The molecule has 0 amide bonds. The summed E-state index contributed by atoms with van der Waals surface area (Å²) in [5, 5.41) is 6.72. The quantitative estimate of drug-likeness (QED) is 0.932. The van der Waals surface area contributed by atoms with Crippen molar-refractivity contribution in [3.63, 3.8) is 0 Å². The molecule has 7 heteroatoms. The molecule has 102 valence electrons. The Morgan fingerprint density at radius 2 is 2.00 bits per heavy atom. The van der Waals surface area contributed by atoms with Gasteiger partial charge in [-0.25, -0.2) is 4.68 Å². The predicted molar refractivity (Wildman–Crippen MR) is 63.8 cm³/mol. The van der Waals surface area contributed by atoms with Gasteiger partial charge in [-0.15, -0.1) is 0 Å². The lowest BCUT2D eigenvalue weighted by Crippen LogP contribution is -2.13. The van der Waals surface area contributed by atoms with Gasteiger partial charge in [0.05, 0.1) is 29.3 Å². The number of aromatic nitrogens is 3. The number of hydrogen-bond acceptors (Lipinski definition) is 3. The van der Waals surface area contributed by atoms with Gasteiger partial charge in [-0.2, -0.15) is 18.3 Å². The zero-order valence-corrected chi connectivity index (χ0v) is 10.4. The average molecular weight is 270 g/mol. The highest BCUT2D eigenvalue weighted by Gasteiger charge is 2.32. The van der Waals surface area contributed by atoms with E-state index in [9.17, 15) is 13.2 Å². The molecule has 0 saturated heterocycles. The van der Waals surface area contributed by atoms with Crippen LogP contribution in [0, 0.1) is 0 Å². The third kappa shape index (κ3) is 2.93. The van der Waals surface area contributed by atoms with E-state index in [-0.39, 0.29) is 6.04 Å². The van der Waals surface area contributed by atoms with Crippen molar-refractivity contribution in [1.29, 1.82) is 0 Å². The van der Waals surface area contributed by atoms with Gasteiger partial charge < -0.3 is 5.32 Å². The normalized spacial score (nSPS) is 13.5. The van der Waals surface area contributed by atoms with Crippen LogP contribution in [0.4, 0.5) is 13.2 Å². The molecule has 0 fully saturated rings. The van der Waals surface area contributed by atoms with E-state index in [4.69, 9.17) is 0 Å². The van der Waals surface area contributed by atoms with Crippen molar-refractivity contribution < 1.29 is 13.2 Å². The van der Waals surface area contributed by atoms with E-state index in [0.717, 1.165) is 22.8 Å². The summed E-state index contributed by atoms with van der Waals surface area (Å²) in [6.07, 6.45) is -1.15. The van der Waals surface area contributed by atoms with Gasteiger partial charge >= 0.3 is 6.18 Å². The van der Waals surface area contributed by atoms with Gasteiger partial charge in [0.2, 0.25) is 0 Å². The number of pyridine rings is 1. The molecule has 1 N–H and O–H groups in total. The Kier molecular flexibility index (Phi) is 3.57. The van der Waals surface area contributed by atoms with E-state index >= 15 is 0 Å². The molecule has 0 spiro atoms. The van der Waals surface area contributed by atoms with Crippen LogP contribution in [-0.2, 0) is 6.18 Å². The second-order valence-corrected chi connectivity index (χ2v) is 4.12. The zero-order chi connectivity index (χ0) is 14.0. The Balaban J connectivity index is 2.25. The molecule has 2 heterocycles. The van der Waals surface area contributed by atoms with Crippen LogP contribution in [-0.4, -0.2) is 21.8 Å². The predicted octanol–water partition coefficient (Wildman–Crippen LogP) is 2.57. The molecular weight excluding hydrogens is 257 g/mol. The van der Waals surface area contributed by atoms with E-state index < -0.39 is 11.7 Å². The molecule has 2 aromatic rings. The molecule has 0 bridgehead atoms. The lowest BCUT2D eigenvalue weighted by molar-refractivity contribution is -0.137. The third-order valence-electron chi connectivity index (χ3n) is 2.82. The van der Waals surface area contributed by atoms with Gasteiger partial charge in [-0.1, -0.05) is 0 Å². The summed E-state index contributed by atoms with van der Waals surface area (Å²) >= 11 is 0. The van der Waals surface area contributed by atoms with Crippen LogP contribution in [0.15, 0.2) is 30.7 Å². The molecule has 0 aromatic carbocycles. The number of nitrogens with zero attached hydrogens (tertiary/aromatic N) is 3. The maximum absolute atomic E-state index is 12.5. The first kappa shape index (κ1) is 13.5. The fourth-order valence-corrected chi connectivity index (χ4v) is 1.55. The summed E-state index contributed by atoms with van der Waals surface area (Å²) < 4.78 is 38.5. The van der Waals surface area contributed by atoms with Gasteiger partial charge in [0, 0.05) is 12.2 Å². The molecule has 0 aliphatic rings. The minimum absolute atomic E-state index is 0.0809. The highest BCUT2D eigenvalue weighted by Crippen LogP contribution is 2.29. The van der Waals surface area contributed by atoms with Crippen molar-refractivity contribution in [2.45, 2.75) is 19.1 Å². The van der Waals surface area contributed by atoms with E-state index in [0.29, 0.717) is 5.69 Å². The van der Waals surface area contributed by atoms with Crippen molar-refractivity contribution in [2.24, 2.45) is 0 Å². The smallest absolute Gasteiger partial charge is 0.312 e. The Morgan fingerprint density at radius 3 is 2.47 bits per heavy atom. The van der Waals surface area contributed by atoms with Gasteiger partial charge in [0.25, 0.3) is 0 Å². The standard InChI is InChI=1S/C12H13F3N4/c1-8(16-2)11-4-3-10(6-17-11)19-7-9(5-18-19)12(13,14)15/h3-8,16H,1-2H3. The van der Waals surface area contributed by atoms with E-state index in [1.54, 1.807) is 12.1 Å². The fraction of sp³-hybridized carbons (Fsp3) is 0.333. The van der Waals surface area contributed by atoms with Crippen molar-refractivity contribution in [3.8, 4) is 5.69 Å². The molecule has 0 radical (unpaired) electrons. The topological polar surface area (TPSA) is 42.7 Å². The lowest BCUT2D eigenvalue weighted by atomic mass is 10.2. The van der Waals surface area contributed by atoms with Crippen molar-refractivity contribution in [3.05, 3.63) is 42.0 Å². The van der Waals surface area contributed by atoms with Crippen molar-refractivity contribution in [2.75, 3.05) is 7.05 Å². The summed E-state index contributed by atoms with van der Waals surface area (Å²) in [5.74, 6) is 0. The molecule has 0 aliphatic carbocycles. The van der Waals surface area contributed by atoms with E-state index in [1.807, 2.05) is 14.0 Å². The van der Waals surface area contributed by atoms with Gasteiger partial charge in [-0.05, 0) is 26.1 Å². The third-order valence-corrected chi connectivity index (χ3v) is 2.82. The summed E-state index contributed by atoms with van der Waals surface area (Å²) in [6, 6.07) is 3.52. The largest absolute Gasteiger partial charge is 0.419 e. The van der Waals surface area contributed by atoms with Crippen LogP contribution in [0.1, 0.15) is 24.2 Å². The van der Waals surface area contributed by atoms with Crippen LogP contribution < -0.4 is 5.32 Å². The van der Waals surface area contributed by atoms with Gasteiger partial charge in [-0.3, -0.25) is 4.98 Å². The van der Waals surface area contributed by atoms with Crippen molar-refractivity contribution in [1.82, 2.24) is 20.1 Å². The maximum atomic E-state index is 12.5. The first-order valence-corrected chi connectivity index (χ1v) is 5.67. The fourth-order valence-electron chi connectivity index (χ4n) is 1.55. The van der Waals surface area contributed by atoms with Gasteiger partial charge in [0.1, 0.15) is 0 Å². The monoisotopic (exact) mass is 270 g/mol. The number of halogens is 3. The van der Waals surface area contributed by atoms with Crippen LogP contribution in [0.25, 0.3) is 5.69 Å². The first-order chi connectivity index (χ1) is 8.91. The number of nitrogens with one attached hydrogen (secondary N) is 1. The summed E-state index contributed by atoms with van der Waals surface area (Å²) in [6.45, 7) is 1.94. The Morgan fingerprint density at radius 1 is 1.26 bits per heavy atom. The van der Waals surface area contributed by atoms with Crippen LogP contribution in [0.5, 0.6) is 0 Å². The zero-order valence-electron chi connectivity index (χ0n) is 10.4. The Labute approximate surface area is 108 Å². The first-order valence-electron chi connectivity index (χ1n) is 5.67. The SMILES string of the molecule is CNC(C)c1ccc(-n2cc(C(F)(F)F)cn2)cn1. The molecule has 19 heavy (non-hydrogen) atoms. The average Bonchev–Trinajstić information content (AvgIpc) is 2.87. The van der Waals surface area contributed by atoms with Crippen molar-refractivity contribution >= 4 is 0 Å². The van der Waals surface area contributed by atoms with Crippen LogP contribution >= 0.6 is 0 Å². The highest BCUT2D eigenvalue weighted by molar-refractivity contribution is 5.30. The molecular formula is C12H13F3N4. The summed E-state index contributed by atoms with van der Waals surface area (Å²) in [4.78, 5) is 4.19. The molecule has 1 unspecified atom stereocenters. The number of alkyl halides is 3. The Hall–Kier alpha value is -1.89. The summed E-state index contributed by atoms with van der Waals surface area (Å²) in [7, 11) is 1.81.